The molecule has 2 rings (SSSR count). The van der Waals surface area contributed by atoms with E-state index in [1.807, 2.05) is 0 Å². The molecule has 3 atom stereocenters. The Kier molecular flexibility index (Phi) is 5.07. The number of rotatable bonds is 4. The Balaban J connectivity index is 2.07. The standard InChI is InChI=1S/C19H30/c1-14(2)17-10-11-19(15(3)4)18(13-17)12-16-8-6-5-7-9-16/h5-9,14-15,17-19H,10-13H2,1-4H3/t17?,18-,19-/m0/s1. The van der Waals surface area contributed by atoms with Crippen LogP contribution in [0.4, 0.5) is 0 Å². The van der Waals surface area contributed by atoms with Gasteiger partial charge < -0.3 is 0 Å². The molecule has 0 spiro atoms. The van der Waals surface area contributed by atoms with Crippen molar-refractivity contribution < 1.29 is 0 Å². The van der Waals surface area contributed by atoms with Crippen LogP contribution in [-0.4, -0.2) is 0 Å². The highest BCUT2D eigenvalue weighted by Crippen LogP contribution is 2.42. The van der Waals surface area contributed by atoms with Gasteiger partial charge >= 0.3 is 0 Å². The summed E-state index contributed by atoms with van der Waals surface area (Å²) in [4.78, 5) is 0. The van der Waals surface area contributed by atoms with Gasteiger partial charge in [-0.25, -0.2) is 0 Å². The lowest BCUT2D eigenvalue weighted by atomic mass is 9.65. The Morgan fingerprint density at radius 2 is 1.63 bits per heavy atom. The zero-order valence-corrected chi connectivity index (χ0v) is 13.1. The van der Waals surface area contributed by atoms with Crippen molar-refractivity contribution in [3.05, 3.63) is 35.9 Å². The normalized spacial score (nSPS) is 28.0. The van der Waals surface area contributed by atoms with Crippen LogP contribution in [0.25, 0.3) is 0 Å². The fourth-order valence-electron chi connectivity index (χ4n) is 3.96. The van der Waals surface area contributed by atoms with Crippen LogP contribution >= 0.6 is 0 Å². The van der Waals surface area contributed by atoms with Crippen LogP contribution in [0.1, 0.15) is 52.5 Å². The Hall–Kier alpha value is -0.780. The second-order valence-electron chi connectivity index (χ2n) is 7.17. The van der Waals surface area contributed by atoms with Crippen molar-refractivity contribution in [1.29, 1.82) is 0 Å². The van der Waals surface area contributed by atoms with E-state index < -0.39 is 0 Å². The molecule has 1 aliphatic rings. The van der Waals surface area contributed by atoms with E-state index in [2.05, 4.69) is 58.0 Å². The molecule has 0 heterocycles. The fourth-order valence-corrected chi connectivity index (χ4v) is 3.96. The summed E-state index contributed by atoms with van der Waals surface area (Å²) < 4.78 is 0. The van der Waals surface area contributed by atoms with E-state index >= 15 is 0 Å². The number of hydrogen-bond acceptors (Lipinski definition) is 0. The first kappa shape index (κ1) is 14.6. The predicted octanol–water partition coefficient (Wildman–Crippen LogP) is 5.57. The lowest BCUT2D eigenvalue weighted by Crippen LogP contribution is -2.31. The van der Waals surface area contributed by atoms with Crippen molar-refractivity contribution in [1.82, 2.24) is 0 Å². The van der Waals surface area contributed by atoms with Crippen molar-refractivity contribution in [2.24, 2.45) is 29.6 Å². The van der Waals surface area contributed by atoms with Gasteiger partial charge in [0.05, 0.1) is 0 Å². The molecule has 1 aliphatic carbocycles. The van der Waals surface area contributed by atoms with Gasteiger partial charge in [0.2, 0.25) is 0 Å². The maximum Gasteiger partial charge on any atom is -0.0248 e. The molecule has 1 fully saturated rings. The molecule has 0 aromatic heterocycles. The molecule has 106 valence electrons. The third-order valence-corrected chi connectivity index (χ3v) is 5.22. The highest BCUT2D eigenvalue weighted by molar-refractivity contribution is 5.15. The molecular weight excluding hydrogens is 228 g/mol. The van der Waals surface area contributed by atoms with E-state index in [-0.39, 0.29) is 0 Å². The van der Waals surface area contributed by atoms with Gasteiger partial charge in [-0.3, -0.25) is 0 Å². The molecule has 0 heteroatoms. The van der Waals surface area contributed by atoms with Crippen LogP contribution in [0.2, 0.25) is 0 Å². The maximum absolute atomic E-state index is 2.42. The minimum atomic E-state index is 0.835. The molecule has 0 amide bonds. The number of hydrogen-bond donors (Lipinski definition) is 0. The second-order valence-corrected chi connectivity index (χ2v) is 7.17. The van der Waals surface area contributed by atoms with Crippen molar-refractivity contribution in [3.8, 4) is 0 Å². The first-order chi connectivity index (χ1) is 9.08. The summed E-state index contributed by atoms with van der Waals surface area (Å²) in [6, 6.07) is 11.1. The Labute approximate surface area is 119 Å². The number of benzene rings is 1. The molecule has 0 bridgehead atoms. The van der Waals surface area contributed by atoms with Gasteiger partial charge in [-0.05, 0) is 60.8 Å². The molecule has 0 radical (unpaired) electrons. The van der Waals surface area contributed by atoms with E-state index in [9.17, 15) is 0 Å². The highest BCUT2D eigenvalue weighted by Gasteiger charge is 2.33. The molecule has 1 saturated carbocycles. The predicted molar refractivity (Wildman–Crippen MR) is 84.1 cm³/mol. The molecular formula is C19H30. The highest BCUT2D eigenvalue weighted by atomic mass is 14.4. The topological polar surface area (TPSA) is 0 Å². The summed E-state index contributed by atoms with van der Waals surface area (Å²) in [5.41, 5.74) is 1.53. The molecule has 1 aromatic carbocycles. The fraction of sp³-hybridized carbons (Fsp3) is 0.684. The SMILES string of the molecule is CC(C)C1CC[C@@H](C(C)C)[C@@H](Cc2ccccc2)C1. The minimum Gasteiger partial charge on any atom is -0.0625 e. The summed E-state index contributed by atoms with van der Waals surface area (Å²) in [5.74, 6) is 4.45. The minimum absolute atomic E-state index is 0.835. The maximum atomic E-state index is 2.42. The smallest absolute Gasteiger partial charge is 0.0248 e. The Morgan fingerprint density at radius 1 is 0.947 bits per heavy atom. The van der Waals surface area contributed by atoms with Crippen LogP contribution in [0.5, 0.6) is 0 Å². The van der Waals surface area contributed by atoms with E-state index in [0.29, 0.717) is 0 Å². The molecule has 0 N–H and O–H groups in total. The van der Waals surface area contributed by atoms with Gasteiger partial charge in [-0.2, -0.15) is 0 Å². The summed E-state index contributed by atoms with van der Waals surface area (Å²) in [7, 11) is 0. The zero-order valence-electron chi connectivity index (χ0n) is 13.1. The summed E-state index contributed by atoms with van der Waals surface area (Å²) in [6.07, 6.45) is 5.62. The van der Waals surface area contributed by atoms with Crippen LogP contribution in [0.3, 0.4) is 0 Å². The van der Waals surface area contributed by atoms with E-state index in [0.717, 1.165) is 29.6 Å². The van der Waals surface area contributed by atoms with Gasteiger partial charge in [-0.15, -0.1) is 0 Å². The summed E-state index contributed by atoms with van der Waals surface area (Å²) in [6.45, 7) is 9.64. The third-order valence-electron chi connectivity index (χ3n) is 5.22. The largest absolute Gasteiger partial charge is 0.0625 e. The molecule has 19 heavy (non-hydrogen) atoms. The monoisotopic (exact) mass is 258 g/mol. The molecule has 0 saturated heterocycles. The van der Waals surface area contributed by atoms with Gasteiger partial charge in [0.1, 0.15) is 0 Å². The lowest BCUT2D eigenvalue weighted by molar-refractivity contribution is 0.113. The van der Waals surface area contributed by atoms with Crippen LogP contribution in [0, 0.1) is 29.6 Å². The lowest BCUT2D eigenvalue weighted by Gasteiger charge is -2.40. The van der Waals surface area contributed by atoms with Gasteiger partial charge in [0.15, 0.2) is 0 Å². The quantitative estimate of drug-likeness (QED) is 0.662. The van der Waals surface area contributed by atoms with Crippen LogP contribution < -0.4 is 0 Å². The van der Waals surface area contributed by atoms with Crippen molar-refractivity contribution in [2.75, 3.05) is 0 Å². The van der Waals surface area contributed by atoms with Gasteiger partial charge in [0.25, 0.3) is 0 Å². The van der Waals surface area contributed by atoms with Gasteiger partial charge in [0, 0.05) is 0 Å². The van der Waals surface area contributed by atoms with Crippen LogP contribution in [-0.2, 0) is 6.42 Å². The zero-order chi connectivity index (χ0) is 13.8. The van der Waals surface area contributed by atoms with Crippen molar-refractivity contribution >= 4 is 0 Å². The summed E-state index contributed by atoms with van der Waals surface area (Å²) >= 11 is 0. The Morgan fingerprint density at radius 3 is 2.21 bits per heavy atom. The van der Waals surface area contributed by atoms with E-state index in [1.165, 1.54) is 31.2 Å². The average Bonchev–Trinajstić information content (AvgIpc) is 2.39. The Bertz CT molecular complexity index is 363. The summed E-state index contributed by atoms with van der Waals surface area (Å²) in [5, 5.41) is 0. The first-order valence-electron chi connectivity index (χ1n) is 8.11. The molecule has 0 aliphatic heterocycles. The van der Waals surface area contributed by atoms with Crippen molar-refractivity contribution in [3.63, 3.8) is 0 Å². The van der Waals surface area contributed by atoms with Gasteiger partial charge in [-0.1, -0.05) is 58.0 Å². The second kappa shape index (κ2) is 6.59. The first-order valence-corrected chi connectivity index (χ1v) is 8.11. The van der Waals surface area contributed by atoms with E-state index in [1.54, 1.807) is 0 Å². The van der Waals surface area contributed by atoms with E-state index in [4.69, 9.17) is 0 Å². The van der Waals surface area contributed by atoms with Crippen LogP contribution in [0.15, 0.2) is 30.3 Å². The molecule has 1 aromatic rings. The third kappa shape index (κ3) is 3.84. The van der Waals surface area contributed by atoms with Crippen molar-refractivity contribution in [2.45, 2.75) is 53.4 Å². The average molecular weight is 258 g/mol. The molecule has 0 nitrogen and oxygen atoms in total. The molecule has 1 unspecified atom stereocenters.